The van der Waals surface area contributed by atoms with Gasteiger partial charge in [-0.15, -0.1) is 0 Å². The normalized spacial score (nSPS) is 25.7. The average Bonchev–Trinajstić information content (AvgIpc) is 2.96. The standard InChI is InChI=1S/C25H26F6N6O7S2/c26-24(27,28)23(39,25(29,30)31)14-8-32-22(33-9-14)35-4-3-34(46(42,43)21-7-15(37(40)41)1-2-20(21)45)10-18(35)11-36-16-5-19(38)6-17(36)13-44-12-16/h1,7-9,16-18,39H,2-6,10-13H2/t16?,17?,18-/m1/s1. The number of hydrogen-bond donors (Lipinski definition) is 1. The number of nitro groups is 1. The van der Waals surface area contributed by atoms with Crippen molar-refractivity contribution >= 4 is 38.8 Å². The van der Waals surface area contributed by atoms with Crippen molar-refractivity contribution in [1.29, 1.82) is 0 Å². The highest BCUT2D eigenvalue weighted by Crippen LogP contribution is 2.49. The lowest BCUT2D eigenvalue weighted by molar-refractivity contribution is -0.419. The molecule has 4 aliphatic rings. The number of anilines is 1. The summed E-state index contributed by atoms with van der Waals surface area (Å²) in [7, 11) is -4.41. The van der Waals surface area contributed by atoms with E-state index in [9.17, 15) is 54.8 Å². The molecular formula is C25H26F6N6O7S2. The van der Waals surface area contributed by atoms with Gasteiger partial charge in [0.15, 0.2) is 0 Å². The number of sulfonamides is 1. The first-order valence-corrected chi connectivity index (χ1v) is 15.6. The Morgan fingerprint density at radius 2 is 1.65 bits per heavy atom. The molecule has 0 amide bonds. The number of piperidine rings is 1. The van der Waals surface area contributed by atoms with Crippen LogP contribution in [-0.2, 0) is 25.2 Å². The van der Waals surface area contributed by atoms with Crippen LogP contribution in [0.15, 0.2) is 35.1 Å². The Morgan fingerprint density at radius 1 is 1.07 bits per heavy atom. The van der Waals surface area contributed by atoms with E-state index >= 15 is 0 Å². The number of carbonyl (C=O) groups excluding carboxylic acids is 1. The number of alkyl halides is 6. The van der Waals surface area contributed by atoms with Crippen molar-refractivity contribution in [1.82, 2.24) is 19.2 Å². The summed E-state index contributed by atoms with van der Waals surface area (Å²) in [6.07, 6.45) is -9.68. The van der Waals surface area contributed by atoms with Crippen LogP contribution < -0.4 is 4.90 Å². The first-order chi connectivity index (χ1) is 21.3. The van der Waals surface area contributed by atoms with E-state index in [2.05, 4.69) is 9.97 Å². The largest absolute Gasteiger partial charge is 0.430 e. The molecule has 2 unspecified atom stereocenters. The summed E-state index contributed by atoms with van der Waals surface area (Å²) in [5.41, 5.74) is -7.37. The summed E-state index contributed by atoms with van der Waals surface area (Å²) in [4.78, 5) is 33.2. The first kappa shape index (κ1) is 34.2. The molecule has 21 heteroatoms. The number of nitrogens with zero attached hydrogens (tertiary/aromatic N) is 6. The zero-order valence-electron chi connectivity index (χ0n) is 23.6. The quantitative estimate of drug-likeness (QED) is 0.191. The highest BCUT2D eigenvalue weighted by molar-refractivity contribution is 7.96. The number of carbonyl (C=O) groups is 1. The van der Waals surface area contributed by atoms with Gasteiger partial charge in [0.25, 0.3) is 11.3 Å². The topological polar surface area (TPSA) is 159 Å². The Kier molecular flexibility index (Phi) is 9.05. The third-order valence-corrected chi connectivity index (χ3v) is 10.8. The Balaban J connectivity index is 1.48. The molecule has 0 aromatic carbocycles. The maximum absolute atomic E-state index is 13.7. The van der Waals surface area contributed by atoms with Crippen LogP contribution in [-0.4, -0.2) is 118 Å². The number of morpholine rings is 1. The van der Waals surface area contributed by atoms with Crippen LogP contribution in [0.3, 0.4) is 0 Å². The van der Waals surface area contributed by atoms with Crippen molar-refractivity contribution in [2.75, 3.05) is 44.3 Å². The number of rotatable bonds is 7. The second-order valence-electron chi connectivity index (χ2n) is 11.2. The second kappa shape index (κ2) is 12.2. The van der Waals surface area contributed by atoms with E-state index in [4.69, 9.17) is 17.0 Å². The molecule has 4 heterocycles. The number of ketones is 1. The number of piperazine rings is 1. The fourth-order valence-corrected chi connectivity index (χ4v) is 8.07. The molecule has 3 atom stereocenters. The van der Waals surface area contributed by atoms with E-state index in [0.717, 1.165) is 10.4 Å². The number of halogens is 6. The molecule has 252 valence electrons. The predicted octanol–water partition coefficient (Wildman–Crippen LogP) is 1.86. The molecule has 3 aliphatic heterocycles. The molecule has 0 radical (unpaired) electrons. The zero-order chi connectivity index (χ0) is 33.8. The van der Waals surface area contributed by atoms with Gasteiger partial charge in [0.1, 0.15) is 10.7 Å². The van der Waals surface area contributed by atoms with Crippen molar-refractivity contribution in [2.45, 2.75) is 55.3 Å². The Bertz CT molecular complexity index is 1550. The van der Waals surface area contributed by atoms with Crippen LogP contribution in [0.5, 0.6) is 0 Å². The summed E-state index contributed by atoms with van der Waals surface area (Å²) >= 11 is 5.20. The molecule has 13 nitrogen and oxygen atoms in total. The van der Waals surface area contributed by atoms with Gasteiger partial charge in [0, 0.05) is 86.4 Å². The Morgan fingerprint density at radius 3 is 2.20 bits per heavy atom. The van der Waals surface area contributed by atoms with Crippen LogP contribution in [0.4, 0.5) is 32.3 Å². The first-order valence-electron chi connectivity index (χ1n) is 13.7. The fourth-order valence-electron chi connectivity index (χ4n) is 6.00. The number of Topliss-reactive ketones (excluding diaryl/α,β-unsaturated/α-hetero) is 1. The van der Waals surface area contributed by atoms with Crippen LogP contribution in [0.25, 0.3) is 0 Å². The van der Waals surface area contributed by atoms with E-state index in [1.54, 1.807) is 0 Å². The van der Waals surface area contributed by atoms with Gasteiger partial charge >= 0.3 is 12.4 Å². The van der Waals surface area contributed by atoms with E-state index in [-0.39, 0.29) is 99.7 Å². The number of ether oxygens (including phenoxy) is 1. The molecule has 1 aromatic rings. The second-order valence-corrected chi connectivity index (χ2v) is 13.6. The Hall–Kier alpha value is -3.11. The minimum atomic E-state index is -6.15. The molecule has 3 fully saturated rings. The van der Waals surface area contributed by atoms with Gasteiger partial charge < -0.3 is 14.7 Å². The van der Waals surface area contributed by atoms with Gasteiger partial charge in [0.05, 0.1) is 24.2 Å². The van der Waals surface area contributed by atoms with Gasteiger partial charge in [-0.1, -0.05) is 12.2 Å². The number of aromatic nitrogens is 2. The maximum Gasteiger partial charge on any atom is 0.430 e. The monoisotopic (exact) mass is 700 g/mol. The van der Waals surface area contributed by atoms with Gasteiger partial charge in [-0.05, 0) is 6.08 Å². The zero-order valence-corrected chi connectivity index (χ0v) is 25.2. The number of fused-ring (bicyclic) bond motifs is 2. The average molecular weight is 701 g/mol. The van der Waals surface area contributed by atoms with E-state index < -0.39 is 55.1 Å². The van der Waals surface area contributed by atoms with Gasteiger partial charge in [-0.25, -0.2) is 18.4 Å². The van der Waals surface area contributed by atoms with Gasteiger partial charge in [-0.3, -0.25) is 19.8 Å². The summed E-state index contributed by atoms with van der Waals surface area (Å²) in [6.45, 7) is -0.292. The number of thiocarbonyl (C=S) groups is 1. The van der Waals surface area contributed by atoms with Crippen LogP contribution in [0, 0.1) is 10.1 Å². The highest BCUT2D eigenvalue weighted by Gasteiger charge is 2.71. The van der Waals surface area contributed by atoms with Gasteiger partial charge in [-0.2, -0.15) is 30.6 Å². The summed E-state index contributed by atoms with van der Waals surface area (Å²) < 4.78 is 115. The van der Waals surface area contributed by atoms with E-state index in [1.165, 1.54) is 11.0 Å². The molecule has 3 saturated heterocycles. The molecule has 2 bridgehead atoms. The molecule has 46 heavy (non-hydrogen) atoms. The van der Waals surface area contributed by atoms with Crippen molar-refractivity contribution in [2.24, 2.45) is 0 Å². The lowest BCUT2D eigenvalue weighted by atomic mass is 9.92. The van der Waals surface area contributed by atoms with Gasteiger partial charge in [0.2, 0.25) is 16.0 Å². The van der Waals surface area contributed by atoms with E-state index in [0.29, 0.717) is 0 Å². The SMILES string of the molecule is O=C1CC2COCC(C1)N2C[C@H]1CN(S(=O)(=O)C2=CC([N+](=O)[O-])=CCC2=S)CCN1c1ncc(C(O)(C(F)(F)F)C(F)(F)F)cn1. The van der Waals surface area contributed by atoms with Crippen molar-refractivity contribution in [3.05, 3.63) is 50.8 Å². The van der Waals surface area contributed by atoms with Crippen molar-refractivity contribution < 1.29 is 54.3 Å². The lowest BCUT2D eigenvalue weighted by Crippen LogP contribution is -2.64. The highest BCUT2D eigenvalue weighted by atomic mass is 32.2. The molecule has 1 aromatic heterocycles. The lowest BCUT2D eigenvalue weighted by Gasteiger charge is -2.49. The maximum atomic E-state index is 13.7. The predicted molar refractivity (Wildman–Crippen MR) is 149 cm³/mol. The number of aliphatic hydroxyl groups is 1. The minimum absolute atomic E-state index is 0.00684. The molecular weight excluding hydrogens is 674 g/mol. The van der Waals surface area contributed by atoms with Crippen LogP contribution in [0.1, 0.15) is 24.8 Å². The minimum Gasteiger partial charge on any atom is -0.378 e. The summed E-state index contributed by atoms with van der Waals surface area (Å²) in [5, 5.41) is 21.1. The summed E-state index contributed by atoms with van der Waals surface area (Å²) in [5.74, 6) is -0.328. The summed E-state index contributed by atoms with van der Waals surface area (Å²) in [6, 6.07) is -1.60. The van der Waals surface area contributed by atoms with Crippen LogP contribution >= 0.6 is 12.2 Å². The number of hydrogen-bond acceptors (Lipinski definition) is 12. The molecule has 0 spiro atoms. The third kappa shape index (κ3) is 6.15. The van der Waals surface area contributed by atoms with E-state index in [1.807, 2.05) is 4.90 Å². The van der Waals surface area contributed by atoms with Crippen molar-refractivity contribution in [3.8, 4) is 0 Å². The Labute approximate surface area is 262 Å². The number of allylic oxidation sites excluding steroid dienone is 3. The van der Waals surface area contributed by atoms with Crippen molar-refractivity contribution in [3.63, 3.8) is 0 Å². The van der Waals surface area contributed by atoms with Crippen LogP contribution in [0.2, 0.25) is 0 Å². The molecule has 5 rings (SSSR count). The molecule has 0 saturated carbocycles. The fraction of sp³-hybridized carbons (Fsp3) is 0.600. The molecule has 1 aliphatic carbocycles. The smallest absolute Gasteiger partial charge is 0.378 e. The third-order valence-electron chi connectivity index (χ3n) is 8.36. The molecule has 1 N–H and O–H groups in total.